The van der Waals surface area contributed by atoms with Crippen LogP contribution in [-0.2, 0) is 25.9 Å². The molecule has 0 fully saturated rings. The van der Waals surface area contributed by atoms with Crippen molar-refractivity contribution in [3.05, 3.63) is 45.2 Å². The number of carbonyl (C=O) groups is 1. The van der Waals surface area contributed by atoms with Gasteiger partial charge in [0.1, 0.15) is 0 Å². The molecule has 0 aromatic carbocycles. The first-order chi connectivity index (χ1) is 11.5. The summed E-state index contributed by atoms with van der Waals surface area (Å²) in [5, 5.41) is 6.11. The van der Waals surface area contributed by atoms with Crippen molar-refractivity contribution in [1.82, 2.24) is 20.2 Å². The van der Waals surface area contributed by atoms with Crippen molar-refractivity contribution < 1.29 is 4.79 Å². The Morgan fingerprint density at radius 3 is 3.00 bits per heavy atom. The van der Waals surface area contributed by atoms with E-state index in [1.807, 2.05) is 11.6 Å². The van der Waals surface area contributed by atoms with Crippen LogP contribution >= 0.6 is 11.3 Å². The lowest BCUT2D eigenvalue weighted by Crippen LogP contribution is -2.36. The third kappa shape index (κ3) is 3.93. The summed E-state index contributed by atoms with van der Waals surface area (Å²) in [6.07, 6.45) is 5.25. The van der Waals surface area contributed by atoms with Gasteiger partial charge in [0.05, 0.1) is 17.2 Å². The zero-order valence-electron chi connectivity index (χ0n) is 14.5. The maximum Gasteiger partial charge on any atom is 0.317 e. The van der Waals surface area contributed by atoms with Crippen molar-refractivity contribution in [1.29, 1.82) is 0 Å². The van der Waals surface area contributed by atoms with E-state index in [0.29, 0.717) is 19.0 Å². The van der Waals surface area contributed by atoms with E-state index in [1.165, 1.54) is 17.7 Å². The lowest BCUT2D eigenvalue weighted by molar-refractivity contribution is 0.206. The van der Waals surface area contributed by atoms with Crippen LogP contribution in [0.3, 0.4) is 0 Å². The largest absolute Gasteiger partial charge is 0.334 e. The van der Waals surface area contributed by atoms with Gasteiger partial charge in [0.25, 0.3) is 0 Å². The molecule has 5 nitrogen and oxygen atoms in total. The second-order valence-electron chi connectivity index (χ2n) is 6.65. The average molecular weight is 344 g/mol. The minimum atomic E-state index is -0.0883. The number of rotatable bonds is 5. The van der Waals surface area contributed by atoms with Gasteiger partial charge in [0, 0.05) is 36.8 Å². The number of nitrogens with zero attached hydrogens (tertiary/aromatic N) is 3. The van der Waals surface area contributed by atoms with E-state index in [2.05, 4.69) is 35.2 Å². The molecule has 1 aliphatic rings. The van der Waals surface area contributed by atoms with Crippen molar-refractivity contribution >= 4 is 17.4 Å². The van der Waals surface area contributed by atoms with Crippen LogP contribution in [-0.4, -0.2) is 27.9 Å². The number of pyridine rings is 1. The first-order valence-electron chi connectivity index (χ1n) is 8.43. The summed E-state index contributed by atoms with van der Waals surface area (Å²) in [4.78, 5) is 23.0. The Hall–Kier alpha value is -1.95. The normalized spacial score (nSPS) is 13.2. The minimum Gasteiger partial charge on any atom is -0.334 e. The maximum atomic E-state index is 12.3. The van der Waals surface area contributed by atoms with Gasteiger partial charge >= 0.3 is 6.03 Å². The molecule has 2 amide bonds. The highest BCUT2D eigenvalue weighted by Gasteiger charge is 2.14. The minimum absolute atomic E-state index is 0.0883. The molecule has 0 atom stereocenters. The van der Waals surface area contributed by atoms with Gasteiger partial charge in [-0.15, -0.1) is 11.3 Å². The molecule has 0 saturated carbocycles. The Kier molecular flexibility index (Phi) is 5.14. The van der Waals surface area contributed by atoms with E-state index >= 15 is 0 Å². The Bertz CT molecular complexity index is 726. The second-order valence-corrected chi connectivity index (χ2v) is 7.54. The highest BCUT2D eigenvalue weighted by molar-refractivity contribution is 7.09. The van der Waals surface area contributed by atoms with E-state index in [1.54, 1.807) is 23.3 Å². The predicted octanol–water partition coefficient (Wildman–Crippen LogP) is 3.49. The molecule has 0 bridgehead atoms. The highest BCUT2D eigenvalue weighted by Crippen LogP contribution is 2.21. The summed E-state index contributed by atoms with van der Waals surface area (Å²) in [6, 6.07) is 2.08. The summed E-state index contributed by atoms with van der Waals surface area (Å²) >= 11 is 1.66. The standard InChI is InChI=1S/C18H24N4OS/c1-12(2)17-21-15(11-24-17)10-22(3)18(23)20-9-13-7-14-5-4-6-16(14)19-8-13/h7-8,11-12H,4-6,9-10H2,1-3H3,(H,20,23). The summed E-state index contributed by atoms with van der Waals surface area (Å²) in [7, 11) is 1.80. The molecule has 2 heterocycles. The Balaban J connectivity index is 1.52. The van der Waals surface area contributed by atoms with Crippen molar-refractivity contribution in [3.63, 3.8) is 0 Å². The molecule has 0 unspecified atom stereocenters. The smallest absolute Gasteiger partial charge is 0.317 e. The number of aromatic nitrogens is 2. The van der Waals surface area contributed by atoms with Gasteiger partial charge in [-0.25, -0.2) is 9.78 Å². The number of urea groups is 1. The molecular weight excluding hydrogens is 320 g/mol. The highest BCUT2D eigenvalue weighted by atomic mass is 32.1. The Morgan fingerprint density at radius 1 is 1.42 bits per heavy atom. The van der Waals surface area contributed by atoms with Gasteiger partial charge < -0.3 is 10.2 Å². The van der Waals surface area contributed by atoms with Crippen LogP contribution in [0.1, 0.15) is 53.7 Å². The van der Waals surface area contributed by atoms with E-state index < -0.39 is 0 Å². The molecule has 6 heteroatoms. The van der Waals surface area contributed by atoms with Crippen LogP contribution in [0.5, 0.6) is 0 Å². The zero-order valence-corrected chi connectivity index (χ0v) is 15.3. The molecule has 0 aliphatic heterocycles. The van der Waals surface area contributed by atoms with Crippen LogP contribution in [0.15, 0.2) is 17.6 Å². The summed E-state index contributed by atoms with van der Waals surface area (Å²) in [5.41, 5.74) is 4.55. The monoisotopic (exact) mass is 344 g/mol. The number of hydrogen-bond acceptors (Lipinski definition) is 4. The number of aryl methyl sites for hydroxylation is 2. The van der Waals surface area contributed by atoms with Crippen LogP contribution < -0.4 is 5.32 Å². The Labute approximate surface area is 147 Å². The fourth-order valence-electron chi connectivity index (χ4n) is 2.86. The van der Waals surface area contributed by atoms with Gasteiger partial charge in [-0.1, -0.05) is 19.9 Å². The van der Waals surface area contributed by atoms with Gasteiger partial charge in [0.15, 0.2) is 0 Å². The molecular formula is C18H24N4OS. The van der Waals surface area contributed by atoms with E-state index in [0.717, 1.165) is 29.1 Å². The van der Waals surface area contributed by atoms with E-state index in [4.69, 9.17) is 0 Å². The predicted molar refractivity (Wildman–Crippen MR) is 96.2 cm³/mol. The topological polar surface area (TPSA) is 58.1 Å². The van der Waals surface area contributed by atoms with Crippen LogP contribution in [0, 0.1) is 0 Å². The third-order valence-electron chi connectivity index (χ3n) is 4.23. The lowest BCUT2D eigenvalue weighted by atomic mass is 10.1. The van der Waals surface area contributed by atoms with Crippen molar-refractivity contribution in [3.8, 4) is 0 Å². The molecule has 3 rings (SSSR count). The van der Waals surface area contributed by atoms with Gasteiger partial charge in [0.2, 0.25) is 0 Å². The molecule has 1 aliphatic carbocycles. The Morgan fingerprint density at radius 2 is 2.25 bits per heavy atom. The molecule has 0 radical (unpaired) electrons. The molecule has 128 valence electrons. The molecule has 0 spiro atoms. The third-order valence-corrected chi connectivity index (χ3v) is 5.42. The fraction of sp³-hybridized carbons (Fsp3) is 0.500. The fourth-order valence-corrected chi connectivity index (χ4v) is 3.69. The van der Waals surface area contributed by atoms with Crippen molar-refractivity contribution in [2.24, 2.45) is 0 Å². The molecule has 2 aromatic heterocycles. The van der Waals surface area contributed by atoms with E-state index in [-0.39, 0.29) is 6.03 Å². The van der Waals surface area contributed by atoms with Crippen LogP contribution in [0.25, 0.3) is 0 Å². The number of thiazole rings is 1. The molecule has 2 aromatic rings. The summed E-state index contributed by atoms with van der Waals surface area (Å²) in [5.74, 6) is 0.426. The summed E-state index contributed by atoms with van der Waals surface area (Å²) < 4.78 is 0. The van der Waals surface area contributed by atoms with Crippen molar-refractivity contribution in [2.75, 3.05) is 7.05 Å². The van der Waals surface area contributed by atoms with Gasteiger partial charge in [-0.2, -0.15) is 0 Å². The first kappa shape index (κ1) is 16.9. The number of fused-ring (bicyclic) bond motifs is 1. The summed E-state index contributed by atoms with van der Waals surface area (Å²) in [6.45, 7) is 5.29. The van der Waals surface area contributed by atoms with E-state index in [9.17, 15) is 4.79 Å². The maximum absolute atomic E-state index is 12.3. The lowest BCUT2D eigenvalue weighted by Gasteiger charge is -2.17. The quantitative estimate of drug-likeness (QED) is 0.903. The molecule has 1 N–H and O–H groups in total. The second kappa shape index (κ2) is 7.30. The number of amides is 2. The number of hydrogen-bond donors (Lipinski definition) is 1. The number of nitrogens with one attached hydrogen (secondary N) is 1. The van der Waals surface area contributed by atoms with Gasteiger partial charge in [-0.05, 0) is 30.4 Å². The average Bonchev–Trinajstić information content (AvgIpc) is 3.20. The van der Waals surface area contributed by atoms with Crippen LogP contribution in [0.2, 0.25) is 0 Å². The SMILES string of the molecule is CC(C)c1nc(CN(C)C(=O)NCc2cnc3c(c2)CCC3)cs1. The zero-order chi connectivity index (χ0) is 17.1. The first-order valence-corrected chi connectivity index (χ1v) is 9.31. The molecule has 0 saturated heterocycles. The van der Waals surface area contributed by atoms with Crippen LogP contribution in [0.4, 0.5) is 4.79 Å². The number of carbonyl (C=O) groups excluding carboxylic acids is 1. The van der Waals surface area contributed by atoms with Crippen molar-refractivity contribution in [2.45, 2.75) is 52.1 Å². The van der Waals surface area contributed by atoms with Gasteiger partial charge in [-0.3, -0.25) is 4.98 Å². The molecule has 24 heavy (non-hydrogen) atoms.